The van der Waals surface area contributed by atoms with E-state index in [1.807, 2.05) is 48.5 Å². The van der Waals surface area contributed by atoms with Gasteiger partial charge in [-0.05, 0) is 24.3 Å². The second kappa shape index (κ2) is 5.96. The van der Waals surface area contributed by atoms with Gasteiger partial charge in [0.25, 0.3) is 0 Å². The lowest BCUT2D eigenvalue weighted by molar-refractivity contribution is -0.687. The summed E-state index contributed by atoms with van der Waals surface area (Å²) in [5.41, 5.74) is 2.90. The highest BCUT2D eigenvalue weighted by Gasteiger charge is 2.19. The van der Waals surface area contributed by atoms with Gasteiger partial charge in [0.2, 0.25) is 5.69 Å². The summed E-state index contributed by atoms with van der Waals surface area (Å²) in [5.74, 6) is -0.441. The number of rotatable bonds is 3. The molecule has 0 unspecified atom stereocenters. The summed E-state index contributed by atoms with van der Waals surface area (Å²) >= 11 is 0. The maximum atomic E-state index is 12.6. The van der Waals surface area contributed by atoms with Crippen molar-refractivity contribution in [3.63, 3.8) is 0 Å². The third-order valence-corrected chi connectivity index (χ3v) is 3.76. The first-order valence-electron chi connectivity index (χ1n) is 7.19. The van der Waals surface area contributed by atoms with Crippen molar-refractivity contribution < 1.29 is 14.4 Å². The van der Waals surface area contributed by atoms with Crippen LogP contribution in [0.15, 0.2) is 54.6 Å². The highest BCUT2D eigenvalue weighted by molar-refractivity contribution is 5.88. The maximum absolute atomic E-state index is 12.6. The Labute approximate surface area is 133 Å². The molecule has 0 fully saturated rings. The van der Waals surface area contributed by atoms with Gasteiger partial charge in [-0.2, -0.15) is 0 Å². The molecule has 0 spiro atoms. The molecule has 1 heterocycles. The van der Waals surface area contributed by atoms with Crippen LogP contribution in [0.1, 0.15) is 11.3 Å². The normalized spacial score (nSPS) is 11.2. The number of carbonyl (C=O) groups excluding carboxylic acids is 1. The molecule has 2 aromatic carbocycles. The SMILES string of the molecule is COC(=O)/C=C/c1ccccc1-n1c2ccccc2c(C)[n+]1[O-]. The number of para-hydroxylation sites is 2. The Bertz CT molecular complexity index is 910. The number of methoxy groups -OCH3 is 1. The molecule has 0 saturated heterocycles. The molecule has 0 radical (unpaired) electrons. The molecule has 3 rings (SSSR count). The van der Waals surface area contributed by atoms with Crippen LogP contribution in [0, 0.1) is 12.1 Å². The number of hydrogen-bond donors (Lipinski definition) is 0. The van der Waals surface area contributed by atoms with Gasteiger partial charge in [0.1, 0.15) is 11.2 Å². The van der Waals surface area contributed by atoms with Gasteiger partial charge >= 0.3 is 5.97 Å². The molecule has 0 aliphatic rings. The van der Waals surface area contributed by atoms with E-state index in [2.05, 4.69) is 4.74 Å². The molecule has 0 atom stereocenters. The van der Waals surface area contributed by atoms with Crippen LogP contribution in [0.25, 0.3) is 22.7 Å². The van der Waals surface area contributed by atoms with Crippen LogP contribution in [-0.4, -0.2) is 17.8 Å². The molecule has 116 valence electrons. The molecule has 3 aromatic rings. The van der Waals surface area contributed by atoms with E-state index in [0.717, 1.165) is 21.3 Å². The summed E-state index contributed by atoms with van der Waals surface area (Å²) in [6.45, 7) is 1.79. The summed E-state index contributed by atoms with van der Waals surface area (Å²) in [7, 11) is 1.33. The second-order valence-electron chi connectivity index (χ2n) is 5.10. The average molecular weight is 308 g/mol. The highest BCUT2D eigenvalue weighted by Crippen LogP contribution is 2.23. The maximum Gasteiger partial charge on any atom is 0.330 e. The van der Waals surface area contributed by atoms with Gasteiger partial charge in [0.05, 0.1) is 12.5 Å². The molecular formula is C18H16N2O3. The molecule has 1 aromatic heterocycles. The number of carbonyl (C=O) groups is 1. The Morgan fingerprint density at radius 2 is 1.87 bits per heavy atom. The molecule has 0 amide bonds. The van der Waals surface area contributed by atoms with Gasteiger partial charge in [-0.3, -0.25) is 0 Å². The van der Waals surface area contributed by atoms with Crippen molar-refractivity contribution in [3.8, 4) is 5.69 Å². The number of benzene rings is 2. The smallest absolute Gasteiger partial charge is 0.330 e. The van der Waals surface area contributed by atoms with Gasteiger partial charge < -0.3 is 9.94 Å². The first kappa shape index (κ1) is 14.8. The summed E-state index contributed by atoms with van der Waals surface area (Å²) in [5, 5.41) is 13.5. The number of esters is 1. The van der Waals surface area contributed by atoms with Crippen LogP contribution in [0.3, 0.4) is 0 Å². The van der Waals surface area contributed by atoms with Crippen LogP contribution < -0.4 is 4.85 Å². The van der Waals surface area contributed by atoms with Crippen LogP contribution in [-0.2, 0) is 9.53 Å². The first-order chi connectivity index (χ1) is 11.1. The fourth-order valence-electron chi connectivity index (χ4n) is 2.59. The van der Waals surface area contributed by atoms with E-state index < -0.39 is 5.97 Å². The zero-order valence-corrected chi connectivity index (χ0v) is 12.9. The third kappa shape index (κ3) is 2.57. The van der Waals surface area contributed by atoms with Crippen molar-refractivity contribution in [2.24, 2.45) is 0 Å². The van der Waals surface area contributed by atoms with Gasteiger partial charge in [0.15, 0.2) is 0 Å². The number of nitrogens with zero attached hydrogens (tertiary/aromatic N) is 2. The van der Waals surface area contributed by atoms with Crippen LogP contribution in [0.5, 0.6) is 0 Å². The molecule has 0 aliphatic heterocycles. The summed E-state index contributed by atoms with van der Waals surface area (Å²) in [6.07, 6.45) is 2.98. The van der Waals surface area contributed by atoms with Gasteiger partial charge in [-0.25, -0.2) is 4.79 Å². The van der Waals surface area contributed by atoms with E-state index in [1.54, 1.807) is 17.7 Å². The van der Waals surface area contributed by atoms with Crippen molar-refractivity contribution in [2.75, 3.05) is 7.11 Å². The van der Waals surface area contributed by atoms with Gasteiger partial charge in [-0.15, -0.1) is 4.68 Å². The minimum Gasteiger partial charge on any atom is -0.595 e. The lowest BCUT2D eigenvalue weighted by atomic mass is 10.1. The fourth-order valence-corrected chi connectivity index (χ4v) is 2.59. The summed E-state index contributed by atoms with van der Waals surface area (Å²) < 4.78 is 6.21. The summed E-state index contributed by atoms with van der Waals surface area (Å²) in [6, 6.07) is 15.0. The molecule has 5 heteroatoms. The Morgan fingerprint density at radius 1 is 1.17 bits per heavy atom. The minimum atomic E-state index is -0.441. The van der Waals surface area contributed by atoms with E-state index in [1.165, 1.54) is 13.2 Å². The van der Waals surface area contributed by atoms with Crippen molar-refractivity contribution >= 4 is 22.9 Å². The fraction of sp³-hybridized carbons (Fsp3) is 0.111. The first-order valence-corrected chi connectivity index (χ1v) is 7.19. The molecule has 0 bridgehead atoms. The Balaban J connectivity index is 2.23. The van der Waals surface area contributed by atoms with E-state index in [9.17, 15) is 10.0 Å². The predicted octanol–water partition coefficient (Wildman–Crippen LogP) is 2.76. The van der Waals surface area contributed by atoms with Gasteiger partial charge in [-0.1, -0.05) is 35.2 Å². The van der Waals surface area contributed by atoms with Crippen LogP contribution in [0.2, 0.25) is 0 Å². The topological polar surface area (TPSA) is 58.2 Å². The molecule has 0 N–H and O–H groups in total. The van der Waals surface area contributed by atoms with Crippen LogP contribution in [0.4, 0.5) is 0 Å². The van der Waals surface area contributed by atoms with E-state index in [-0.39, 0.29) is 0 Å². The number of aromatic nitrogens is 2. The molecule has 23 heavy (non-hydrogen) atoms. The predicted molar refractivity (Wildman–Crippen MR) is 88.0 cm³/mol. The van der Waals surface area contributed by atoms with Gasteiger partial charge in [0, 0.05) is 18.6 Å². The number of hydrogen-bond acceptors (Lipinski definition) is 3. The van der Waals surface area contributed by atoms with Crippen molar-refractivity contribution in [1.29, 1.82) is 0 Å². The zero-order valence-electron chi connectivity index (χ0n) is 12.9. The largest absolute Gasteiger partial charge is 0.595 e. The number of aryl methyl sites for hydroxylation is 1. The average Bonchev–Trinajstić information content (AvgIpc) is 2.84. The lowest BCUT2D eigenvalue weighted by Gasteiger charge is -2.08. The third-order valence-electron chi connectivity index (χ3n) is 3.76. The zero-order chi connectivity index (χ0) is 16.4. The van der Waals surface area contributed by atoms with E-state index in [4.69, 9.17) is 0 Å². The second-order valence-corrected chi connectivity index (χ2v) is 5.10. The summed E-state index contributed by atoms with van der Waals surface area (Å²) in [4.78, 5) is 12.2. The molecule has 0 aliphatic carbocycles. The quantitative estimate of drug-likeness (QED) is 0.323. The number of ether oxygens (including phenoxy) is 1. The molecule has 5 nitrogen and oxygen atoms in total. The minimum absolute atomic E-state index is 0.441. The Kier molecular flexibility index (Phi) is 3.85. The molecular weight excluding hydrogens is 292 g/mol. The Hall–Kier alpha value is -3.08. The van der Waals surface area contributed by atoms with Crippen molar-refractivity contribution in [3.05, 3.63) is 71.1 Å². The standard InChI is InChI=1S/C18H16N2O3/c1-13-15-8-4-6-10-17(15)19(20(13)22)16-9-5-3-7-14(16)11-12-18(21)23-2/h3-12H,1-2H3/b12-11+. The monoisotopic (exact) mass is 308 g/mol. The Morgan fingerprint density at radius 3 is 2.65 bits per heavy atom. The molecule has 0 saturated carbocycles. The van der Waals surface area contributed by atoms with Crippen molar-refractivity contribution in [2.45, 2.75) is 6.92 Å². The van der Waals surface area contributed by atoms with E-state index >= 15 is 0 Å². The van der Waals surface area contributed by atoms with Crippen LogP contribution >= 0.6 is 0 Å². The van der Waals surface area contributed by atoms with Crippen molar-refractivity contribution in [1.82, 2.24) is 4.68 Å². The lowest BCUT2D eigenvalue weighted by Crippen LogP contribution is -2.38. The number of fused-ring (bicyclic) bond motifs is 1. The highest BCUT2D eigenvalue weighted by atomic mass is 16.5. The van der Waals surface area contributed by atoms with E-state index in [0.29, 0.717) is 11.4 Å².